The molecule has 0 aliphatic rings. The SMILES string of the molecule is O=C(Nc1cccnn1)c1ccc(Cl)c([N+](=O)[O-])c1. The van der Waals surface area contributed by atoms with E-state index in [-0.39, 0.29) is 22.1 Å². The summed E-state index contributed by atoms with van der Waals surface area (Å²) in [6.07, 6.45) is 1.46. The number of nitro benzene ring substituents is 1. The van der Waals surface area contributed by atoms with Crippen LogP contribution in [0.3, 0.4) is 0 Å². The summed E-state index contributed by atoms with van der Waals surface area (Å²) in [4.78, 5) is 21.9. The summed E-state index contributed by atoms with van der Waals surface area (Å²) in [6.45, 7) is 0. The molecule has 0 fully saturated rings. The molecule has 1 aromatic heterocycles. The number of aromatic nitrogens is 2. The molecule has 1 heterocycles. The predicted molar refractivity (Wildman–Crippen MR) is 68.1 cm³/mol. The maximum atomic E-state index is 11.9. The molecular formula is C11H7ClN4O3. The normalized spacial score (nSPS) is 9.95. The Balaban J connectivity index is 2.25. The maximum Gasteiger partial charge on any atom is 0.288 e. The van der Waals surface area contributed by atoms with Gasteiger partial charge in [-0.15, -0.1) is 5.10 Å². The van der Waals surface area contributed by atoms with Gasteiger partial charge in [-0.2, -0.15) is 5.10 Å². The van der Waals surface area contributed by atoms with Gasteiger partial charge in [0, 0.05) is 17.8 Å². The van der Waals surface area contributed by atoms with E-state index in [0.717, 1.165) is 6.07 Å². The zero-order valence-corrected chi connectivity index (χ0v) is 10.2. The van der Waals surface area contributed by atoms with E-state index in [1.807, 2.05) is 0 Å². The van der Waals surface area contributed by atoms with Gasteiger partial charge in [0.2, 0.25) is 0 Å². The molecule has 0 atom stereocenters. The third-order valence-corrected chi connectivity index (χ3v) is 2.54. The van der Waals surface area contributed by atoms with Gasteiger partial charge in [0.25, 0.3) is 11.6 Å². The first-order chi connectivity index (χ1) is 9.08. The topological polar surface area (TPSA) is 98.0 Å². The molecule has 0 bridgehead atoms. The number of rotatable bonds is 3. The number of carbonyl (C=O) groups excluding carboxylic acids is 1. The van der Waals surface area contributed by atoms with Crippen LogP contribution in [-0.4, -0.2) is 21.0 Å². The summed E-state index contributed by atoms with van der Waals surface area (Å²) < 4.78 is 0. The molecular weight excluding hydrogens is 272 g/mol. The van der Waals surface area contributed by atoms with Crippen LogP contribution in [0, 0.1) is 10.1 Å². The van der Waals surface area contributed by atoms with Gasteiger partial charge in [-0.05, 0) is 24.3 Å². The standard InChI is InChI=1S/C11H7ClN4O3/c12-8-4-3-7(6-9(8)16(18)19)11(17)14-10-2-1-5-13-15-10/h1-6H,(H,14,15,17). The first kappa shape index (κ1) is 12.9. The van der Waals surface area contributed by atoms with Crippen LogP contribution in [0.4, 0.5) is 11.5 Å². The van der Waals surface area contributed by atoms with Gasteiger partial charge in [-0.1, -0.05) is 11.6 Å². The maximum absolute atomic E-state index is 11.9. The van der Waals surface area contributed by atoms with E-state index in [1.54, 1.807) is 12.1 Å². The van der Waals surface area contributed by atoms with Gasteiger partial charge < -0.3 is 5.32 Å². The van der Waals surface area contributed by atoms with Gasteiger partial charge in [0.1, 0.15) is 5.02 Å². The van der Waals surface area contributed by atoms with Gasteiger partial charge in [0.05, 0.1) is 4.92 Å². The minimum Gasteiger partial charge on any atom is -0.305 e. The molecule has 1 aromatic carbocycles. The predicted octanol–water partition coefficient (Wildman–Crippen LogP) is 2.29. The molecule has 1 amide bonds. The molecule has 0 aliphatic carbocycles. The summed E-state index contributed by atoms with van der Waals surface area (Å²) in [7, 11) is 0. The summed E-state index contributed by atoms with van der Waals surface area (Å²) >= 11 is 5.66. The lowest BCUT2D eigenvalue weighted by molar-refractivity contribution is -0.384. The largest absolute Gasteiger partial charge is 0.305 e. The van der Waals surface area contributed by atoms with E-state index in [0.29, 0.717) is 0 Å². The molecule has 0 unspecified atom stereocenters. The number of nitro groups is 1. The zero-order valence-electron chi connectivity index (χ0n) is 9.41. The van der Waals surface area contributed by atoms with Gasteiger partial charge in [0.15, 0.2) is 5.82 Å². The average molecular weight is 279 g/mol. The van der Waals surface area contributed by atoms with Crippen molar-refractivity contribution in [2.75, 3.05) is 5.32 Å². The Morgan fingerprint density at radius 1 is 1.37 bits per heavy atom. The molecule has 0 saturated carbocycles. The fourth-order valence-corrected chi connectivity index (χ4v) is 1.54. The van der Waals surface area contributed by atoms with Gasteiger partial charge >= 0.3 is 0 Å². The molecule has 0 saturated heterocycles. The lowest BCUT2D eigenvalue weighted by atomic mass is 10.2. The number of anilines is 1. The fourth-order valence-electron chi connectivity index (χ4n) is 1.35. The van der Waals surface area contributed by atoms with E-state index in [2.05, 4.69) is 15.5 Å². The van der Waals surface area contributed by atoms with Crippen molar-refractivity contribution in [3.05, 3.63) is 57.2 Å². The number of amides is 1. The number of nitrogens with one attached hydrogen (secondary N) is 1. The minimum absolute atomic E-state index is 0.0268. The van der Waals surface area contributed by atoms with Crippen molar-refractivity contribution in [1.29, 1.82) is 0 Å². The average Bonchev–Trinajstić information content (AvgIpc) is 2.40. The second-order valence-electron chi connectivity index (χ2n) is 3.49. The number of hydrogen-bond donors (Lipinski definition) is 1. The molecule has 8 heteroatoms. The Labute approximate surface area is 112 Å². The molecule has 0 aliphatic heterocycles. The Kier molecular flexibility index (Phi) is 3.67. The van der Waals surface area contributed by atoms with Crippen molar-refractivity contribution in [1.82, 2.24) is 10.2 Å². The summed E-state index contributed by atoms with van der Waals surface area (Å²) in [5.41, 5.74) is -0.213. The van der Waals surface area contributed by atoms with Crippen LogP contribution < -0.4 is 5.32 Å². The summed E-state index contributed by atoms with van der Waals surface area (Å²) in [5.74, 6) is -0.273. The molecule has 2 rings (SSSR count). The highest BCUT2D eigenvalue weighted by molar-refractivity contribution is 6.32. The van der Waals surface area contributed by atoms with Crippen molar-refractivity contribution in [3.63, 3.8) is 0 Å². The van der Waals surface area contributed by atoms with Crippen molar-refractivity contribution < 1.29 is 9.72 Å². The van der Waals surface area contributed by atoms with Crippen LogP contribution in [0.1, 0.15) is 10.4 Å². The van der Waals surface area contributed by atoms with Crippen molar-refractivity contribution in [2.45, 2.75) is 0 Å². The monoisotopic (exact) mass is 278 g/mol. The van der Waals surface area contributed by atoms with Crippen LogP contribution in [0.15, 0.2) is 36.5 Å². The highest BCUT2D eigenvalue weighted by Crippen LogP contribution is 2.25. The molecule has 19 heavy (non-hydrogen) atoms. The van der Waals surface area contributed by atoms with E-state index in [1.165, 1.54) is 18.3 Å². The highest BCUT2D eigenvalue weighted by Gasteiger charge is 2.16. The van der Waals surface area contributed by atoms with E-state index < -0.39 is 10.8 Å². The van der Waals surface area contributed by atoms with Crippen LogP contribution in [0.5, 0.6) is 0 Å². The van der Waals surface area contributed by atoms with Crippen LogP contribution in [-0.2, 0) is 0 Å². The molecule has 1 N–H and O–H groups in total. The van der Waals surface area contributed by atoms with Gasteiger partial charge in [-0.25, -0.2) is 0 Å². The van der Waals surface area contributed by atoms with Crippen molar-refractivity contribution >= 4 is 29.0 Å². The first-order valence-corrected chi connectivity index (χ1v) is 5.49. The summed E-state index contributed by atoms with van der Waals surface area (Å²) in [5, 5.41) is 20.4. The first-order valence-electron chi connectivity index (χ1n) is 5.11. The van der Waals surface area contributed by atoms with Crippen LogP contribution in [0.2, 0.25) is 5.02 Å². The van der Waals surface area contributed by atoms with Crippen molar-refractivity contribution in [2.24, 2.45) is 0 Å². The van der Waals surface area contributed by atoms with Crippen molar-refractivity contribution in [3.8, 4) is 0 Å². The van der Waals surface area contributed by atoms with E-state index in [4.69, 9.17) is 11.6 Å². The number of nitrogens with zero attached hydrogens (tertiary/aromatic N) is 3. The number of halogens is 1. The minimum atomic E-state index is -0.651. The number of hydrogen-bond acceptors (Lipinski definition) is 5. The molecule has 0 spiro atoms. The van der Waals surface area contributed by atoms with Crippen LogP contribution >= 0.6 is 11.6 Å². The second kappa shape index (κ2) is 5.40. The van der Waals surface area contributed by atoms with E-state index in [9.17, 15) is 14.9 Å². The Morgan fingerprint density at radius 3 is 2.79 bits per heavy atom. The molecule has 0 radical (unpaired) electrons. The summed E-state index contributed by atoms with van der Waals surface area (Å²) in [6, 6.07) is 6.95. The Hall–Kier alpha value is -2.54. The lowest BCUT2D eigenvalue weighted by Gasteiger charge is -2.03. The quantitative estimate of drug-likeness (QED) is 0.686. The van der Waals surface area contributed by atoms with E-state index >= 15 is 0 Å². The van der Waals surface area contributed by atoms with Gasteiger partial charge in [-0.3, -0.25) is 14.9 Å². The lowest BCUT2D eigenvalue weighted by Crippen LogP contribution is -2.13. The smallest absolute Gasteiger partial charge is 0.288 e. The molecule has 2 aromatic rings. The van der Waals surface area contributed by atoms with Crippen LogP contribution in [0.25, 0.3) is 0 Å². The molecule has 7 nitrogen and oxygen atoms in total. The zero-order chi connectivity index (χ0) is 13.8. The Morgan fingerprint density at radius 2 is 2.16 bits per heavy atom. The molecule has 96 valence electrons. The fraction of sp³-hybridized carbons (Fsp3) is 0. The number of carbonyl (C=O) groups is 1. The second-order valence-corrected chi connectivity index (χ2v) is 3.89. The third-order valence-electron chi connectivity index (χ3n) is 2.22. The number of benzene rings is 1. The Bertz CT molecular complexity index is 633. The highest BCUT2D eigenvalue weighted by atomic mass is 35.5. The third kappa shape index (κ3) is 3.02.